The van der Waals surface area contributed by atoms with E-state index in [9.17, 15) is 24.3 Å². The first-order chi connectivity index (χ1) is 16.8. The van der Waals surface area contributed by atoms with Crippen LogP contribution in [0.15, 0.2) is 76.3 Å². The van der Waals surface area contributed by atoms with Gasteiger partial charge in [0.2, 0.25) is 0 Å². The number of aromatic amines is 1. The van der Waals surface area contributed by atoms with Gasteiger partial charge < -0.3 is 20.1 Å². The number of carboxylic acids is 1. The quantitative estimate of drug-likeness (QED) is 0.378. The van der Waals surface area contributed by atoms with E-state index >= 15 is 0 Å². The molecule has 0 aliphatic heterocycles. The number of H-pyrrole nitrogens is 1. The first-order valence-corrected chi connectivity index (χ1v) is 10.8. The second-order valence-electron chi connectivity index (χ2n) is 7.96. The fourth-order valence-electron chi connectivity index (χ4n) is 3.94. The molecule has 178 valence electrons. The Hall–Kier alpha value is -4.66. The molecule has 1 unspecified atom stereocenters. The molecule has 9 heteroatoms. The van der Waals surface area contributed by atoms with Crippen molar-refractivity contribution >= 4 is 22.8 Å². The third kappa shape index (κ3) is 4.70. The van der Waals surface area contributed by atoms with Gasteiger partial charge in [-0.2, -0.15) is 0 Å². The predicted octanol–water partition coefficient (Wildman–Crippen LogP) is 2.94. The summed E-state index contributed by atoms with van der Waals surface area (Å²) in [5.74, 6) is -0.835. The molecular formula is C26H23N3O6. The second-order valence-corrected chi connectivity index (χ2v) is 7.96. The standard InChI is InChI=1S/C26H23N3O6/c1-15(19-5-3-4-6-20(19)25(32)33)29-24(31)21-13-17(9-12-22(21)28-26(29)34)23(30)27-14-16-7-10-18(35-2)11-8-16/h3-13,15H,14H2,1-2H3,(H,27,30)(H,28,34)(H,32,33). The van der Waals surface area contributed by atoms with Crippen molar-refractivity contribution < 1.29 is 19.4 Å². The average molecular weight is 473 g/mol. The second kappa shape index (κ2) is 9.68. The Morgan fingerprint density at radius 1 is 1.06 bits per heavy atom. The van der Waals surface area contributed by atoms with Crippen LogP contribution in [-0.4, -0.2) is 33.6 Å². The third-order valence-corrected chi connectivity index (χ3v) is 5.83. The fourth-order valence-corrected chi connectivity index (χ4v) is 3.94. The highest BCUT2D eigenvalue weighted by Gasteiger charge is 2.21. The Morgan fingerprint density at radius 3 is 2.46 bits per heavy atom. The summed E-state index contributed by atoms with van der Waals surface area (Å²) in [4.78, 5) is 53.1. The lowest BCUT2D eigenvalue weighted by molar-refractivity contribution is 0.0694. The van der Waals surface area contributed by atoms with Crippen LogP contribution < -0.4 is 21.3 Å². The van der Waals surface area contributed by atoms with Crippen LogP contribution in [0.1, 0.15) is 44.8 Å². The SMILES string of the molecule is COc1ccc(CNC(=O)c2ccc3[nH]c(=O)n(C(C)c4ccccc4C(=O)O)c(=O)c3c2)cc1. The molecular weight excluding hydrogens is 450 g/mol. The average Bonchev–Trinajstić information content (AvgIpc) is 2.87. The number of fused-ring (bicyclic) bond motifs is 1. The van der Waals surface area contributed by atoms with Crippen LogP contribution in [-0.2, 0) is 6.54 Å². The molecule has 0 saturated carbocycles. The topological polar surface area (TPSA) is 130 Å². The minimum Gasteiger partial charge on any atom is -0.497 e. The minimum atomic E-state index is -1.16. The molecule has 0 aliphatic rings. The van der Waals surface area contributed by atoms with Crippen LogP contribution in [0.2, 0.25) is 0 Å². The summed E-state index contributed by atoms with van der Waals surface area (Å²) in [5.41, 5.74) is 0.422. The van der Waals surface area contributed by atoms with Gasteiger partial charge in [0, 0.05) is 12.1 Å². The number of nitrogens with zero attached hydrogens (tertiary/aromatic N) is 1. The van der Waals surface area contributed by atoms with Crippen LogP contribution >= 0.6 is 0 Å². The van der Waals surface area contributed by atoms with Crippen molar-refractivity contribution in [1.29, 1.82) is 0 Å². The van der Waals surface area contributed by atoms with Crippen molar-refractivity contribution in [1.82, 2.24) is 14.9 Å². The number of amides is 1. The Labute approximate surface area is 199 Å². The van der Waals surface area contributed by atoms with Crippen LogP contribution in [0.25, 0.3) is 10.9 Å². The van der Waals surface area contributed by atoms with E-state index in [-0.39, 0.29) is 34.5 Å². The zero-order chi connectivity index (χ0) is 25.1. The number of aromatic carboxylic acids is 1. The van der Waals surface area contributed by atoms with E-state index in [0.29, 0.717) is 11.3 Å². The normalized spacial score (nSPS) is 11.7. The van der Waals surface area contributed by atoms with Gasteiger partial charge in [0.15, 0.2) is 0 Å². The molecule has 0 spiro atoms. The van der Waals surface area contributed by atoms with Crippen LogP contribution in [0.4, 0.5) is 0 Å². The highest BCUT2D eigenvalue weighted by atomic mass is 16.5. The number of ether oxygens (including phenoxy) is 1. The number of carbonyl (C=O) groups excluding carboxylic acids is 1. The van der Waals surface area contributed by atoms with E-state index in [1.807, 2.05) is 12.1 Å². The van der Waals surface area contributed by atoms with Gasteiger partial charge in [-0.3, -0.25) is 14.2 Å². The Morgan fingerprint density at radius 2 is 1.77 bits per heavy atom. The number of carbonyl (C=O) groups is 2. The molecule has 1 heterocycles. The van der Waals surface area contributed by atoms with E-state index in [2.05, 4.69) is 10.3 Å². The Bertz CT molecular complexity index is 1540. The number of benzene rings is 3. The highest BCUT2D eigenvalue weighted by Crippen LogP contribution is 2.20. The highest BCUT2D eigenvalue weighted by molar-refractivity contribution is 5.97. The maximum Gasteiger partial charge on any atom is 0.336 e. The van der Waals surface area contributed by atoms with Gasteiger partial charge in [0.1, 0.15) is 5.75 Å². The maximum absolute atomic E-state index is 13.3. The molecule has 4 aromatic rings. The number of carboxylic acid groups (broad SMARTS) is 1. The lowest BCUT2D eigenvalue weighted by atomic mass is 10.0. The predicted molar refractivity (Wildman–Crippen MR) is 130 cm³/mol. The Kier molecular flexibility index (Phi) is 6.50. The number of nitrogens with one attached hydrogen (secondary N) is 2. The molecule has 1 aromatic heterocycles. The van der Waals surface area contributed by atoms with Crippen LogP contribution in [0.5, 0.6) is 5.75 Å². The van der Waals surface area contributed by atoms with Crippen molar-refractivity contribution in [2.75, 3.05) is 7.11 Å². The summed E-state index contributed by atoms with van der Waals surface area (Å²) >= 11 is 0. The summed E-state index contributed by atoms with van der Waals surface area (Å²) in [6.45, 7) is 1.86. The molecule has 3 aromatic carbocycles. The lowest BCUT2D eigenvalue weighted by Gasteiger charge is -2.17. The van der Waals surface area contributed by atoms with Gasteiger partial charge in [-0.1, -0.05) is 30.3 Å². The van der Waals surface area contributed by atoms with E-state index in [0.717, 1.165) is 10.1 Å². The first-order valence-electron chi connectivity index (χ1n) is 10.8. The molecule has 35 heavy (non-hydrogen) atoms. The van der Waals surface area contributed by atoms with Crippen molar-refractivity contribution in [3.05, 3.63) is 110 Å². The van der Waals surface area contributed by atoms with E-state index < -0.39 is 23.3 Å². The van der Waals surface area contributed by atoms with E-state index in [1.54, 1.807) is 44.4 Å². The summed E-state index contributed by atoms with van der Waals surface area (Å²) in [6, 6.07) is 17.0. The molecule has 0 saturated heterocycles. The lowest BCUT2D eigenvalue weighted by Crippen LogP contribution is -2.38. The van der Waals surface area contributed by atoms with Crippen molar-refractivity contribution in [3.8, 4) is 5.75 Å². The minimum absolute atomic E-state index is 0.00180. The molecule has 4 rings (SSSR count). The zero-order valence-electron chi connectivity index (χ0n) is 19.1. The van der Waals surface area contributed by atoms with E-state index in [1.165, 1.54) is 24.3 Å². The zero-order valence-corrected chi connectivity index (χ0v) is 19.1. The monoisotopic (exact) mass is 473 g/mol. The molecule has 1 amide bonds. The first kappa shape index (κ1) is 23.5. The van der Waals surface area contributed by atoms with Gasteiger partial charge in [0.25, 0.3) is 11.5 Å². The largest absolute Gasteiger partial charge is 0.497 e. The van der Waals surface area contributed by atoms with Gasteiger partial charge in [0.05, 0.1) is 29.6 Å². The van der Waals surface area contributed by atoms with Gasteiger partial charge in [-0.25, -0.2) is 9.59 Å². The molecule has 0 bridgehead atoms. The summed E-state index contributed by atoms with van der Waals surface area (Å²) in [7, 11) is 1.57. The molecule has 9 nitrogen and oxygen atoms in total. The molecule has 1 atom stereocenters. The number of aromatic nitrogens is 2. The number of methoxy groups -OCH3 is 1. The smallest absolute Gasteiger partial charge is 0.336 e. The number of hydrogen-bond acceptors (Lipinski definition) is 5. The van der Waals surface area contributed by atoms with Crippen molar-refractivity contribution in [2.45, 2.75) is 19.5 Å². The van der Waals surface area contributed by atoms with Crippen molar-refractivity contribution in [2.24, 2.45) is 0 Å². The molecule has 0 aliphatic carbocycles. The molecule has 3 N–H and O–H groups in total. The van der Waals surface area contributed by atoms with Crippen LogP contribution in [0, 0.1) is 0 Å². The number of rotatable bonds is 7. The third-order valence-electron chi connectivity index (χ3n) is 5.83. The van der Waals surface area contributed by atoms with Gasteiger partial charge in [-0.05, 0) is 54.4 Å². The molecule has 0 fully saturated rings. The fraction of sp³-hybridized carbons (Fsp3) is 0.154. The number of hydrogen-bond donors (Lipinski definition) is 3. The Balaban J connectivity index is 1.67. The summed E-state index contributed by atoms with van der Waals surface area (Å²) < 4.78 is 6.09. The van der Waals surface area contributed by atoms with Gasteiger partial charge >= 0.3 is 11.7 Å². The van der Waals surface area contributed by atoms with Gasteiger partial charge in [-0.15, -0.1) is 0 Å². The van der Waals surface area contributed by atoms with Crippen LogP contribution in [0.3, 0.4) is 0 Å². The summed E-state index contributed by atoms with van der Waals surface area (Å²) in [6.07, 6.45) is 0. The summed E-state index contributed by atoms with van der Waals surface area (Å²) in [5, 5.41) is 12.5. The maximum atomic E-state index is 13.3. The van der Waals surface area contributed by atoms with Crippen molar-refractivity contribution in [3.63, 3.8) is 0 Å². The molecule has 0 radical (unpaired) electrons. The van der Waals surface area contributed by atoms with E-state index in [4.69, 9.17) is 4.74 Å².